The maximum atomic E-state index is 13.8. The molecule has 0 saturated heterocycles. The van der Waals surface area contributed by atoms with Gasteiger partial charge in [0, 0.05) is 31.0 Å². The van der Waals surface area contributed by atoms with Gasteiger partial charge >= 0.3 is 0 Å². The number of nitriles is 1. The molecule has 4 aromatic rings. The summed E-state index contributed by atoms with van der Waals surface area (Å²) >= 11 is 0. The van der Waals surface area contributed by atoms with Crippen molar-refractivity contribution in [1.82, 2.24) is 25.8 Å². The van der Waals surface area contributed by atoms with E-state index in [9.17, 15) is 14.4 Å². The summed E-state index contributed by atoms with van der Waals surface area (Å²) in [6.45, 7) is 0.894. The minimum atomic E-state index is -0.602. The molecular weight excluding hydrogens is 433 g/mol. The molecule has 0 saturated carbocycles. The van der Waals surface area contributed by atoms with Gasteiger partial charge in [0.1, 0.15) is 17.7 Å². The van der Waals surface area contributed by atoms with Crippen molar-refractivity contribution in [2.75, 3.05) is 12.3 Å². The standard InChI is InChI=1S/C25H22FN7O/c26-22-8-7-18(10-20(22)11-27)23(32-25(34)19-2-1-9-29-13-19)15-30-12-16-3-5-17(6-4-16)21-14-31-33-24(21)28/h1-10,13-14,23,30H,12,15H2,(H,32,34)(H3,28,31,33)/t23-/m1/s1. The molecule has 170 valence electrons. The number of nitrogens with two attached hydrogens (primary N) is 1. The minimum absolute atomic E-state index is 0.0766. The lowest BCUT2D eigenvalue weighted by Crippen LogP contribution is -2.35. The number of pyridine rings is 1. The summed E-state index contributed by atoms with van der Waals surface area (Å²) in [6, 6.07) is 16.8. The van der Waals surface area contributed by atoms with Crippen LogP contribution in [0.2, 0.25) is 0 Å². The Balaban J connectivity index is 1.46. The average molecular weight is 455 g/mol. The molecule has 0 fully saturated rings. The van der Waals surface area contributed by atoms with Crippen molar-refractivity contribution < 1.29 is 9.18 Å². The number of nitrogens with one attached hydrogen (secondary N) is 3. The van der Waals surface area contributed by atoms with E-state index in [2.05, 4.69) is 25.8 Å². The summed E-state index contributed by atoms with van der Waals surface area (Å²) < 4.78 is 13.8. The number of anilines is 1. The summed E-state index contributed by atoms with van der Waals surface area (Å²) in [5.74, 6) is -0.409. The molecule has 8 nitrogen and oxygen atoms in total. The molecule has 0 aliphatic rings. The number of nitrogen functional groups attached to an aromatic ring is 1. The number of rotatable bonds is 8. The number of aromatic amines is 1. The summed E-state index contributed by atoms with van der Waals surface area (Å²) in [4.78, 5) is 16.7. The van der Waals surface area contributed by atoms with Crippen LogP contribution in [0.25, 0.3) is 11.1 Å². The highest BCUT2D eigenvalue weighted by atomic mass is 19.1. The number of amides is 1. The highest BCUT2D eigenvalue weighted by molar-refractivity contribution is 5.94. The molecule has 34 heavy (non-hydrogen) atoms. The molecule has 9 heteroatoms. The second kappa shape index (κ2) is 10.4. The quantitative estimate of drug-likeness (QED) is 0.322. The van der Waals surface area contributed by atoms with E-state index < -0.39 is 11.9 Å². The second-order valence-electron chi connectivity index (χ2n) is 7.64. The SMILES string of the molecule is N#Cc1cc([C@@H](CNCc2ccc(-c3cn[nH]c3N)cc2)NC(=O)c2cccnc2)ccc1F. The van der Waals surface area contributed by atoms with E-state index in [0.29, 0.717) is 30.0 Å². The minimum Gasteiger partial charge on any atom is -0.384 e. The summed E-state index contributed by atoms with van der Waals surface area (Å²) in [6.07, 6.45) is 4.73. The first-order valence-electron chi connectivity index (χ1n) is 10.5. The Hall–Kier alpha value is -4.55. The largest absolute Gasteiger partial charge is 0.384 e. The number of benzene rings is 2. The Bertz CT molecular complexity index is 1310. The first-order valence-corrected chi connectivity index (χ1v) is 10.5. The van der Waals surface area contributed by atoms with Gasteiger partial charge in [-0.2, -0.15) is 10.4 Å². The van der Waals surface area contributed by atoms with Gasteiger partial charge in [-0.25, -0.2) is 4.39 Å². The summed E-state index contributed by atoms with van der Waals surface area (Å²) in [7, 11) is 0. The summed E-state index contributed by atoms with van der Waals surface area (Å²) in [5, 5.41) is 22.1. The lowest BCUT2D eigenvalue weighted by atomic mass is 10.0. The van der Waals surface area contributed by atoms with Gasteiger partial charge in [-0.15, -0.1) is 0 Å². The second-order valence-corrected chi connectivity index (χ2v) is 7.64. The van der Waals surface area contributed by atoms with Gasteiger partial charge in [-0.05, 0) is 41.0 Å². The lowest BCUT2D eigenvalue weighted by molar-refractivity contribution is 0.0935. The molecule has 5 N–H and O–H groups in total. The third-order valence-corrected chi connectivity index (χ3v) is 5.35. The van der Waals surface area contributed by atoms with Crippen LogP contribution in [0, 0.1) is 17.1 Å². The van der Waals surface area contributed by atoms with E-state index in [4.69, 9.17) is 5.73 Å². The van der Waals surface area contributed by atoms with Crippen molar-refractivity contribution in [3.63, 3.8) is 0 Å². The van der Waals surface area contributed by atoms with E-state index in [1.165, 1.54) is 18.3 Å². The molecule has 0 aliphatic heterocycles. The highest BCUT2D eigenvalue weighted by Gasteiger charge is 2.17. The van der Waals surface area contributed by atoms with Gasteiger partial charge in [-0.1, -0.05) is 30.3 Å². The zero-order valence-electron chi connectivity index (χ0n) is 18.1. The number of H-pyrrole nitrogens is 1. The molecule has 2 heterocycles. The number of nitrogens with zero attached hydrogens (tertiary/aromatic N) is 3. The molecule has 1 amide bonds. The monoisotopic (exact) mass is 455 g/mol. The number of halogens is 1. The van der Waals surface area contributed by atoms with Crippen molar-refractivity contribution in [1.29, 1.82) is 5.26 Å². The van der Waals surface area contributed by atoms with Gasteiger partial charge in [0.05, 0.1) is 23.4 Å². The Morgan fingerprint density at radius 1 is 1.18 bits per heavy atom. The van der Waals surface area contributed by atoms with Crippen LogP contribution in [0.15, 0.2) is 73.2 Å². The fourth-order valence-electron chi connectivity index (χ4n) is 3.53. The Kier molecular flexibility index (Phi) is 6.91. The number of aromatic nitrogens is 3. The van der Waals surface area contributed by atoms with Crippen molar-refractivity contribution in [3.05, 3.63) is 101 Å². The van der Waals surface area contributed by atoms with Gasteiger partial charge in [0.25, 0.3) is 5.91 Å². The molecule has 2 aromatic carbocycles. The fourth-order valence-corrected chi connectivity index (χ4v) is 3.53. The molecule has 0 aliphatic carbocycles. The third kappa shape index (κ3) is 5.26. The van der Waals surface area contributed by atoms with Crippen molar-refractivity contribution in [2.45, 2.75) is 12.6 Å². The molecule has 2 aromatic heterocycles. The number of hydrogen-bond acceptors (Lipinski definition) is 6. The molecule has 0 unspecified atom stereocenters. The van der Waals surface area contributed by atoms with Crippen molar-refractivity contribution >= 4 is 11.7 Å². The van der Waals surface area contributed by atoms with E-state index in [1.807, 2.05) is 30.3 Å². The smallest absolute Gasteiger partial charge is 0.253 e. The van der Waals surface area contributed by atoms with E-state index in [0.717, 1.165) is 16.7 Å². The first-order chi connectivity index (χ1) is 16.5. The maximum absolute atomic E-state index is 13.8. The normalized spacial score (nSPS) is 11.5. The van der Waals surface area contributed by atoms with Crippen LogP contribution in [0.3, 0.4) is 0 Å². The number of carbonyl (C=O) groups is 1. The van der Waals surface area contributed by atoms with Crippen LogP contribution in [0.4, 0.5) is 10.2 Å². The van der Waals surface area contributed by atoms with Crippen LogP contribution >= 0.6 is 0 Å². The Morgan fingerprint density at radius 2 is 2.00 bits per heavy atom. The van der Waals surface area contributed by atoms with E-state index in [-0.39, 0.29) is 11.5 Å². The molecule has 0 bridgehead atoms. The average Bonchev–Trinajstić information content (AvgIpc) is 3.30. The van der Waals surface area contributed by atoms with Crippen molar-refractivity contribution in [3.8, 4) is 17.2 Å². The molecule has 4 rings (SSSR count). The molecule has 0 spiro atoms. The highest BCUT2D eigenvalue weighted by Crippen LogP contribution is 2.24. The third-order valence-electron chi connectivity index (χ3n) is 5.35. The first kappa shape index (κ1) is 22.6. The van der Waals surface area contributed by atoms with Crippen LogP contribution in [0.1, 0.15) is 33.1 Å². The number of carbonyl (C=O) groups excluding carboxylic acids is 1. The van der Waals surface area contributed by atoms with Crippen molar-refractivity contribution in [2.24, 2.45) is 0 Å². The van der Waals surface area contributed by atoms with Gasteiger partial charge in [0.2, 0.25) is 0 Å². The Labute approximate surface area is 195 Å². The van der Waals surface area contributed by atoms with Crippen LogP contribution in [0.5, 0.6) is 0 Å². The topological polar surface area (TPSA) is 133 Å². The predicted octanol–water partition coefficient (Wildman–Crippen LogP) is 3.33. The molecule has 1 atom stereocenters. The fraction of sp³-hybridized carbons (Fsp3) is 0.120. The predicted molar refractivity (Wildman–Crippen MR) is 126 cm³/mol. The molecule has 0 radical (unpaired) electrons. The van der Waals surface area contributed by atoms with Gasteiger partial charge in [0.15, 0.2) is 0 Å². The zero-order valence-corrected chi connectivity index (χ0v) is 18.1. The van der Waals surface area contributed by atoms with E-state index >= 15 is 0 Å². The van der Waals surface area contributed by atoms with E-state index in [1.54, 1.807) is 30.6 Å². The van der Waals surface area contributed by atoms with Gasteiger partial charge in [-0.3, -0.25) is 14.9 Å². The lowest BCUT2D eigenvalue weighted by Gasteiger charge is -2.20. The number of hydrogen-bond donors (Lipinski definition) is 4. The maximum Gasteiger partial charge on any atom is 0.253 e. The summed E-state index contributed by atoms with van der Waals surface area (Å²) in [5.41, 5.74) is 9.64. The molecular formula is C25H22FN7O. The van der Waals surface area contributed by atoms with Crippen LogP contribution < -0.4 is 16.4 Å². The Morgan fingerprint density at radius 3 is 2.68 bits per heavy atom. The zero-order chi connectivity index (χ0) is 23.9. The van der Waals surface area contributed by atoms with Crippen LogP contribution in [-0.2, 0) is 6.54 Å². The van der Waals surface area contributed by atoms with Crippen LogP contribution in [-0.4, -0.2) is 27.6 Å². The van der Waals surface area contributed by atoms with Gasteiger partial charge < -0.3 is 16.4 Å².